The predicted octanol–water partition coefficient (Wildman–Crippen LogP) is 4.06. The molecule has 0 saturated heterocycles. The number of carbonyl (C=O) groups excluding carboxylic acids is 1. The fourth-order valence-electron chi connectivity index (χ4n) is 1.88. The molecular weight excluding hydrogens is 349 g/mol. The molecule has 5 heteroatoms. The van der Waals surface area contributed by atoms with Crippen LogP contribution in [0.1, 0.15) is 18.4 Å². The minimum absolute atomic E-state index is 0.109. The van der Waals surface area contributed by atoms with E-state index in [2.05, 4.69) is 21.2 Å². The van der Waals surface area contributed by atoms with Gasteiger partial charge in [-0.25, -0.2) is 4.39 Å². The summed E-state index contributed by atoms with van der Waals surface area (Å²) in [4.78, 5) is 11.7. The summed E-state index contributed by atoms with van der Waals surface area (Å²) in [7, 11) is 0. The van der Waals surface area contributed by atoms with Crippen molar-refractivity contribution < 1.29 is 13.9 Å². The van der Waals surface area contributed by atoms with Crippen molar-refractivity contribution >= 4 is 21.8 Å². The minimum atomic E-state index is -0.304. The third-order valence-corrected chi connectivity index (χ3v) is 3.59. The van der Waals surface area contributed by atoms with Gasteiger partial charge in [0.25, 0.3) is 0 Å². The van der Waals surface area contributed by atoms with E-state index in [-0.39, 0.29) is 18.3 Å². The molecule has 1 N–H and O–H groups in total. The normalized spacial score (nSPS) is 10.3. The molecule has 0 radical (unpaired) electrons. The van der Waals surface area contributed by atoms with E-state index in [0.717, 1.165) is 10.2 Å². The number of rotatable bonds is 7. The molecule has 2 aromatic carbocycles. The maximum atomic E-state index is 13.4. The third-order valence-electron chi connectivity index (χ3n) is 3.06. The standard InChI is InChI=1S/C17H17BrFNO2/c18-14-7-9-15(10-8-14)22-11-3-6-17(21)20-12-13-4-1-2-5-16(13)19/h1-2,4-5,7-10H,3,6,11-12H2,(H,20,21). The Hall–Kier alpha value is -1.88. The summed E-state index contributed by atoms with van der Waals surface area (Å²) >= 11 is 3.35. The first-order valence-corrected chi connectivity index (χ1v) is 7.83. The highest BCUT2D eigenvalue weighted by molar-refractivity contribution is 9.10. The van der Waals surface area contributed by atoms with Crippen LogP contribution in [0.4, 0.5) is 4.39 Å². The number of carbonyl (C=O) groups is 1. The minimum Gasteiger partial charge on any atom is -0.494 e. The van der Waals surface area contributed by atoms with Crippen molar-refractivity contribution in [3.8, 4) is 5.75 Å². The van der Waals surface area contributed by atoms with Crippen LogP contribution in [0.2, 0.25) is 0 Å². The Morgan fingerprint density at radius 1 is 1.14 bits per heavy atom. The van der Waals surface area contributed by atoms with Crippen molar-refractivity contribution in [2.45, 2.75) is 19.4 Å². The number of ether oxygens (including phenoxy) is 1. The Bertz CT molecular complexity index is 616. The highest BCUT2D eigenvalue weighted by Gasteiger charge is 2.04. The van der Waals surface area contributed by atoms with E-state index >= 15 is 0 Å². The molecule has 3 nitrogen and oxygen atoms in total. The molecule has 0 fully saturated rings. The monoisotopic (exact) mass is 365 g/mol. The lowest BCUT2D eigenvalue weighted by Gasteiger charge is -2.08. The highest BCUT2D eigenvalue weighted by atomic mass is 79.9. The summed E-state index contributed by atoms with van der Waals surface area (Å²) in [5.41, 5.74) is 0.488. The maximum Gasteiger partial charge on any atom is 0.220 e. The molecular formula is C17H17BrFNO2. The third kappa shape index (κ3) is 5.48. The van der Waals surface area contributed by atoms with Gasteiger partial charge in [0.05, 0.1) is 6.61 Å². The van der Waals surface area contributed by atoms with Gasteiger partial charge in [-0.3, -0.25) is 4.79 Å². The van der Waals surface area contributed by atoms with Crippen LogP contribution in [0.3, 0.4) is 0 Å². The molecule has 0 unspecified atom stereocenters. The molecule has 2 aromatic rings. The van der Waals surface area contributed by atoms with Crippen molar-refractivity contribution in [1.82, 2.24) is 5.32 Å². The molecule has 0 aliphatic rings. The first-order valence-electron chi connectivity index (χ1n) is 7.03. The van der Waals surface area contributed by atoms with E-state index in [0.29, 0.717) is 25.0 Å². The zero-order valence-electron chi connectivity index (χ0n) is 12.0. The molecule has 0 aromatic heterocycles. The summed E-state index contributed by atoms with van der Waals surface area (Å²) in [6, 6.07) is 13.9. The molecule has 2 rings (SSSR count). The summed E-state index contributed by atoms with van der Waals surface area (Å²) in [5.74, 6) is 0.360. The zero-order valence-corrected chi connectivity index (χ0v) is 13.6. The maximum absolute atomic E-state index is 13.4. The van der Waals surface area contributed by atoms with Crippen LogP contribution in [-0.4, -0.2) is 12.5 Å². The number of halogens is 2. The fraction of sp³-hybridized carbons (Fsp3) is 0.235. The van der Waals surface area contributed by atoms with Crippen LogP contribution >= 0.6 is 15.9 Å². The second-order valence-corrected chi connectivity index (χ2v) is 5.69. The van der Waals surface area contributed by atoms with Crippen molar-refractivity contribution in [3.63, 3.8) is 0 Å². The molecule has 0 aliphatic carbocycles. The molecule has 0 aliphatic heterocycles. The Labute approximate surface area is 137 Å². The lowest BCUT2D eigenvalue weighted by Crippen LogP contribution is -2.23. The number of nitrogens with one attached hydrogen (secondary N) is 1. The van der Waals surface area contributed by atoms with E-state index in [1.807, 2.05) is 24.3 Å². The van der Waals surface area contributed by atoms with Gasteiger partial charge in [-0.05, 0) is 36.8 Å². The van der Waals surface area contributed by atoms with Crippen LogP contribution < -0.4 is 10.1 Å². The van der Waals surface area contributed by atoms with Crippen LogP contribution in [0.15, 0.2) is 53.0 Å². The fourth-order valence-corrected chi connectivity index (χ4v) is 2.14. The molecule has 0 saturated carbocycles. The van der Waals surface area contributed by atoms with Gasteiger partial charge >= 0.3 is 0 Å². The molecule has 0 bridgehead atoms. The van der Waals surface area contributed by atoms with Gasteiger partial charge in [-0.1, -0.05) is 34.1 Å². The van der Waals surface area contributed by atoms with Gasteiger partial charge in [-0.15, -0.1) is 0 Å². The molecule has 22 heavy (non-hydrogen) atoms. The smallest absolute Gasteiger partial charge is 0.220 e. The van der Waals surface area contributed by atoms with Crippen molar-refractivity contribution in [2.24, 2.45) is 0 Å². The molecule has 0 heterocycles. The lowest BCUT2D eigenvalue weighted by atomic mass is 10.2. The van der Waals surface area contributed by atoms with E-state index in [9.17, 15) is 9.18 Å². The molecule has 0 atom stereocenters. The largest absolute Gasteiger partial charge is 0.494 e. The second-order valence-electron chi connectivity index (χ2n) is 4.77. The van der Waals surface area contributed by atoms with Crippen LogP contribution in [0.5, 0.6) is 5.75 Å². The number of benzene rings is 2. The number of amides is 1. The first kappa shape index (κ1) is 16.5. The molecule has 1 amide bonds. The van der Waals surface area contributed by atoms with Crippen molar-refractivity contribution in [1.29, 1.82) is 0 Å². The van der Waals surface area contributed by atoms with Crippen molar-refractivity contribution in [3.05, 3.63) is 64.4 Å². The average molecular weight is 366 g/mol. The molecule has 116 valence electrons. The van der Waals surface area contributed by atoms with Gasteiger partial charge in [0, 0.05) is 23.0 Å². The Balaban J connectivity index is 1.64. The summed E-state index contributed by atoms with van der Waals surface area (Å²) < 4.78 is 19.9. The summed E-state index contributed by atoms with van der Waals surface area (Å²) in [5, 5.41) is 2.71. The van der Waals surface area contributed by atoms with E-state index in [1.54, 1.807) is 18.2 Å². The van der Waals surface area contributed by atoms with Gasteiger partial charge < -0.3 is 10.1 Å². The van der Waals surface area contributed by atoms with Gasteiger partial charge in [-0.2, -0.15) is 0 Å². The summed E-state index contributed by atoms with van der Waals surface area (Å²) in [6.45, 7) is 0.674. The number of hydrogen-bond acceptors (Lipinski definition) is 2. The van der Waals surface area contributed by atoms with Gasteiger partial charge in [0.15, 0.2) is 0 Å². The lowest BCUT2D eigenvalue weighted by molar-refractivity contribution is -0.121. The molecule has 0 spiro atoms. The summed E-state index contributed by atoms with van der Waals surface area (Å²) in [6.07, 6.45) is 0.962. The van der Waals surface area contributed by atoms with Gasteiger partial charge in [0.2, 0.25) is 5.91 Å². The van der Waals surface area contributed by atoms with E-state index in [4.69, 9.17) is 4.74 Å². The SMILES string of the molecule is O=C(CCCOc1ccc(Br)cc1)NCc1ccccc1F. The van der Waals surface area contributed by atoms with Crippen LogP contribution in [0.25, 0.3) is 0 Å². The topological polar surface area (TPSA) is 38.3 Å². The highest BCUT2D eigenvalue weighted by Crippen LogP contribution is 2.16. The second kappa shape index (κ2) is 8.54. The zero-order chi connectivity index (χ0) is 15.8. The predicted molar refractivity (Wildman–Crippen MR) is 87.1 cm³/mol. The Morgan fingerprint density at radius 2 is 1.86 bits per heavy atom. The Morgan fingerprint density at radius 3 is 2.59 bits per heavy atom. The van der Waals surface area contributed by atoms with Crippen molar-refractivity contribution in [2.75, 3.05) is 6.61 Å². The average Bonchev–Trinajstić information content (AvgIpc) is 2.52. The first-order chi connectivity index (χ1) is 10.6. The van der Waals surface area contributed by atoms with E-state index in [1.165, 1.54) is 6.07 Å². The van der Waals surface area contributed by atoms with E-state index < -0.39 is 0 Å². The Kier molecular flexibility index (Phi) is 6.40. The number of hydrogen-bond donors (Lipinski definition) is 1. The quantitative estimate of drug-likeness (QED) is 0.751. The van der Waals surface area contributed by atoms with Crippen LogP contribution in [0, 0.1) is 5.82 Å². The van der Waals surface area contributed by atoms with Crippen LogP contribution in [-0.2, 0) is 11.3 Å². The van der Waals surface area contributed by atoms with Gasteiger partial charge in [0.1, 0.15) is 11.6 Å².